The van der Waals surface area contributed by atoms with Crippen LogP contribution in [0.15, 0.2) is 42.7 Å². The zero-order valence-electron chi connectivity index (χ0n) is 17.6. The molecule has 3 rings (SSSR count). The highest BCUT2D eigenvalue weighted by Crippen LogP contribution is 2.29. The van der Waals surface area contributed by atoms with Crippen molar-refractivity contribution in [3.05, 3.63) is 58.9 Å². The third-order valence-corrected chi connectivity index (χ3v) is 5.73. The molecular formula is C23H30ClN3O3. The van der Waals surface area contributed by atoms with E-state index in [9.17, 15) is 4.79 Å². The molecule has 1 N–H and O–H groups in total. The van der Waals surface area contributed by atoms with E-state index in [-0.39, 0.29) is 12.0 Å². The maximum atomic E-state index is 12.1. The molecule has 1 aromatic carbocycles. The quantitative estimate of drug-likeness (QED) is 0.615. The molecule has 0 unspecified atom stereocenters. The van der Waals surface area contributed by atoms with Crippen molar-refractivity contribution in [1.82, 2.24) is 15.2 Å². The number of likely N-dealkylation sites (tertiary alicyclic amines) is 1. The van der Waals surface area contributed by atoms with Crippen LogP contribution in [0.2, 0.25) is 5.02 Å². The SMILES string of the molecule is COCCNC(=O)c1ccc(OC2CCN([C@@H](C)Cc3cccnc3)CC2)c(Cl)c1. The van der Waals surface area contributed by atoms with E-state index in [0.29, 0.717) is 35.5 Å². The fraction of sp³-hybridized carbons (Fsp3) is 0.478. The van der Waals surface area contributed by atoms with E-state index in [1.807, 2.05) is 18.5 Å². The Bertz CT molecular complexity index is 811. The summed E-state index contributed by atoms with van der Waals surface area (Å²) in [6.07, 6.45) is 6.78. The summed E-state index contributed by atoms with van der Waals surface area (Å²) in [7, 11) is 1.60. The van der Waals surface area contributed by atoms with Crippen LogP contribution in [0.1, 0.15) is 35.7 Å². The molecular weight excluding hydrogens is 402 g/mol. The van der Waals surface area contributed by atoms with Gasteiger partial charge in [-0.3, -0.25) is 9.78 Å². The number of piperidine rings is 1. The normalized spacial score (nSPS) is 16.2. The van der Waals surface area contributed by atoms with Crippen molar-refractivity contribution >= 4 is 17.5 Å². The van der Waals surface area contributed by atoms with Gasteiger partial charge in [0.15, 0.2) is 0 Å². The summed E-state index contributed by atoms with van der Waals surface area (Å²) in [4.78, 5) is 18.8. The molecule has 1 aliphatic rings. The number of rotatable bonds is 9. The number of hydrogen-bond acceptors (Lipinski definition) is 5. The highest BCUT2D eigenvalue weighted by Gasteiger charge is 2.24. The lowest BCUT2D eigenvalue weighted by molar-refractivity contribution is 0.0799. The number of halogens is 1. The van der Waals surface area contributed by atoms with Crippen LogP contribution in [0.5, 0.6) is 5.75 Å². The number of nitrogens with one attached hydrogen (secondary N) is 1. The Balaban J connectivity index is 1.48. The predicted octanol–water partition coefficient (Wildman–Crippen LogP) is 3.59. The summed E-state index contributed by atoms with van der Waals surface area (Å²) in [5.74, 6) is 0.461. The van der Waals surface area contributed by atoms with Crippen molar-refractivity contribution < 1.29 is 14.3 Å². The first-order chi connectivity index (χ1) is 14.6. The van der Waals surface area contributed by atoms with Gasteiger partial charge < -0.3 is 19.7 Å². The number of methoxy groups -OCH3 is 1. The predicted molar refractivity (Wildman–Crippen MR) is 118 cm³/mol. The van der Waals surface area contributed by atoms with Crippen LogP contribution in [0.25, 0.3) is 0 Å². The van der Waals surface area contributed by atoms with E-state index in [2.05, 4.69) is 28.2 Å². The van der Waals surface area contributed by atoms with E-state index < -0.39 is 0 Å². The Hall–Kier alpha value is -2.15. The fourth-order valence-corrected chi connectivity index (χ4v) is 3.93. The van der Waals surface area contributed by atoms with Gasteiger partial charge >= 0.3 is 0 Å². The van der Waals surface area contributed by atoms with Crippen molar-refractivity contribution in [2.24, 2.45) is 0 Å². The molecule has 0 radical (unpaired) electrons. The monoisotopic (exact) mass is 431 g/mol. The molecule has 0 spiro atoms. The number of hydrogen-bond donors (Lipinski definition) is 1. The van der Waals surface area contributed by atoms with Gasteiger partial charge in [0.1, 0.15) is 11.9 Å². The molecule has 1 aromatic heterocycles. The summed E-state index contributed by atoms with van der Waals surface area (Å²) in [5, 5.41) is 3.25. The van der Waals surface area contributed by atoms with Gasteiger partial charge in [0.25, 0.3) is 5.91 Å². The van der Waals surface area contributed by atoms with Crippen LogP contribution in [0.4, 0.5) is 0 Å². The van der Waals surface area contributed by atoms with Gasteiger partial charge in [0.2, 0.25) is 0 Å². The Kier molecular flexibility index (Phi) is 8.49. The Labute approximate surface area is 183 Å². The van der Waals surface area contributed by atoms with Gasteiger partial charge in [-0.05, 0) is 56.0 Å². The molecule has 0 bridgehead atoms. The highest BCUT2D eigenvalue weighted by molar-refractivity contribution is 6.32. The summed E-state index contributed by atoms with van der Waals surface area (Å²) in [5.41, 5.74) is 1.78. The molecule has 162 valence electrons. The van der Waals surface area contributed by atoms with Crippen LogP contribution in [-0.2, 0) is 11.2 Å². The molecule has 6 nitrogen and oxygen atoms in total. The standard InChI is InChI=1S/C23H30ClN3O3/c1-17(14-18-4-3-9-25-16-18)27-11-7-20(8-12-27)30-22-6-5-19(15-21(22)24)23(28)26-10-13-29-2/h3-6,9,15-17,20H,7-8,10-14H2,1-2H3,(H,26,28)/t17-/m0/s1. The summed E-state index contributed by atoms with van der Waals surface area (Å²) in [6, 6.07) is 9.77. The second-order valence-electron chi connectivity index (χ2n) is 7.66. The van der Waals surface area contributed by atoms with Crippen molar-refractivity contribution in [2.45, 2.75) is 38.3 Å². The van der Waals surface area contributed by atoms with Crippen LogP contribution >= 0.6 is 11.6 Å². The second kappa shape index (κ2) is 11.3. The number of benzene rings is 1. The number of ether oxygens (including phenoxy) is 2. The van der Waals surface area contributed by atoms with E-state index in [1.165, 1.54) is 5.56 Å². The van der Waals surface area contributed by atoms with Gasteiger partial charge in [0, 0.05) is 50.7 Å². The number of nitrogens with zero attached hydrogens (tertiary/aromatic N) is 2. The van der Waals surface area contributed by atoms with Gasteiger partial charge in [-0.1, -0.05) is 17.7 Å². The minimum absolute atomic E-state index is 0.130. The highest BCUT2D eigenvalue weighted by atomic mass is 35.5. The molecule has 1 atom stereocenters. The molecule has 1 aliphatic heterocycles. The Morgan fingerprint density at radius 3 is 2.80 bits per heavy atom. The third-order valence-electron chi connectivity index (χ3n) is 5.43. The number of carbonyl (C=O) groups excluding carboxylic acids is 1. The average Bonchev–Trinajstić information content (AvgIpc) is 2.76. The lowest BCUT2D eigenvalue weighted by Gasteiger charge is -2.36. The molecule has 30 heavy (non-hydrogen) atoms. The molecule has 1 amide bonds. The summed E-state index contributed by atoms with van der Waals surface area (Å²) >= 11 is 6.38. The number of amides is 1. The first-order valence-electron chi connectivity index (χ1n) is 10.4. The van der Waals surface area contributed by atoms with Crippen molar-refractivity contribution in [1.29, 1.82) is 0 Å². The number of carbonyl (C=O) groups is 1. The van der Waals surface area contributed by atoms with Crippen LogP contribution in [-0.4, -0.2) is 61.3 Å². The number of pyridine rings is 1. The van der Waals surface area contributed by atoms with Crippen molar-refractivity contribution in [3.8, 4) is 5.75 Å². The van der Waals surface area contributed by atoms with E-state index in [1.54, 1.807) is 25.3 Å². The molecule has 0 aliphatic carbocycles. The largest absolute Gasteiger partial charge is 0.489 e. The van der Waals surface area contributed by atoms with Crippen LogP contribution in [0.3, 0.4) is 0 Å². The van der Waals surface area contributed by atoms with E-state index in [0.717, 1.165) is 32.4 Å². The topological polar surface area (TPSA) is 63.7 Å². The lowest BCUT2D eigenvalue weighted by atomic mass is 10.0. The van der Waals surface area contributed by atoms with Gasteiger partial charge in [0.05, 0.1) is 11.6 Å². The maximum Gasteiger partial charge on any atom is 0.251 e. The summed E-state index contributed by atoms with van der Waals surface area (Å²) in [6.45, 7) is 5.18. The second-order valence-corrected chi connectivity index (χ2v) is 8.07. The third kappa shape index (κ3) is 6.42. The Morgan fingerprint density at radius 2 is 2.13 bits per heavy atom. The Morgan fingerprint density at radius 1 is 1.33 bits per heavy atom. The molecule has 7 heteroatoms. The minimum Gasteiger partial charge on any atom is -0.489 e. The van der Waals surface area contributed by atoms with Crippen LogP contribution < -0.4 is 10.1 Å². The number of aromatic nitrogens is 1. The molecule has 2 heterocycles. The van der Waals surface area contributed by atoms with Gasteiger partial charge in [-0.15, -0.1) is 0 Å². The zero-order chi connectivity index (χ0) is 21.3. The van der Waals surface area contributed by atoms with E-state index >= 15 is 0 Å². The van der Waals surface area contributed by atoms with Gasteiger partial charge in [-0.25, -0.2) is 0 Å². The summed E-state index contributed by atoms with van der Waals surface area (Å²) < 4.78 is 11.1. The first kappa shape index (κ1) is 22.5. The van der Waals surface area contributed by atoms with E-state index in [4.69, 9.17) is 21.1 Å². The minimum atomic E-state index is -0.170. The van der Waals surface area contributed by atoms with Crippen molar-refractivity contribution in [2.75, 3.05) is 33.4 Å². The smallest absolute Gasteiger partial charge is 0.251 e. The molecule has 2 aromatic rings. The first-order valence-corrected chi connectivity index (χ1v) is 10.8. The van der Waals surface area contributed by atoms with Gasteiger partial charge in [-0.2, -0.15) is 0 Å². The zero-order valence-corrected chi connectivity index (χ0v) is 18.4. The average molecular weight is 432 g/mol. The molecule has 1 saturated heterocycles. The van der Waals surface area contributed by atoms with Crippen molar-refractivity contribution in [3.63, 3.8) is 0 Å². The molecule has 1 fully saturated rings. The fourth-order valence-electron chi connectivity index (χ4n) is 3.71. The lowest BCUT2D eigenvalue weighted by Crippen LogP contribution is -2.43. The maximum absolute atomic E-state index is 12.1. The molecule has 0 saturated carbocycles. The van der Waals surface area contributed by atoms with Crippen LogP contribution in [0, 0.1) is 0 Å².